The number of carbonyl (C=O) groups is 1. The van der Waals surface area contributed by atoms with Gasteiger partial charge >= 0.3 is 5.97 Å². The van der Waals surface area contributed by atoms with Gasteiger partial charge in [0.25, 0.3) is 0 Å². The van der Waals surface area contributed by atoms with E-state index in [4.69, 9.17) is 9.72 Å². The van der Waals surface area contributed by atoms with E-state index >= 15 is 0 Å². The Morgan fingerprint density at radius 3 is 2.44 bits per heavy atom. The minimum absolute atomic E-state index is 0.0441. The van der Waals surface area contributed by atoms with Gasteiger partial charge in [-0.3, -0.25) is 4.98 Å². The van der Waals surface area contributed by atoms with Gasteiger partial charge in [0.15, 0.2) is 23.4 Å². The van der Waals surface area contributed by atoms with E-state index in [2.05, 4.69) is 62.7 Å². The minimum atomic E-state index is -1.11. The molecule has 1 atom stereocenters. The third-order valence-electron chi connectivity index (χ3n) is 7.72. The lowest BCUT2D eigenvalue weighted by Crippen LogP contribution is -2.12. The van der Waals surface area contributed by atoms with Crippen LogP contribution in [0.4, 0.5) is 0 Å². The van der Waals surface area contributed by atoms with E-state index in [0.717, 1.165) is 47.3 Å². The molecule has 1 N–H and O–H groups in total. The molecule has 4 aromatic heterocycles. The topological polar surface area (TPSA) is 134 Å². The second kappa shape index (κ2) is 13.1. The third-order valence-corrected chi connectivity index (χ3v) is 7.72. The number of pyridine rings is 2. The predicted octanol–water partition coefficient (Wildman–Crippen LogP) is 6.46. The van der Waals surface area contributed by atoms with Crippen LogP contribution in [0.15, 0.2) is 79.0 Å². The number of aryl methyl sites for hydroxylation is 1. The predicted molar refractivity (Wildman–Crippen MR) is 170 cm³/mol. The average molecular weight is 603 g/mol. The van der Waals surface area contributed by atoms with Gasteiger partial charge in [0.1, 0.15) is 11.3 Å². The summed E-state index contributed by atoms with van der Waals surface area (Å²) in [6.45, 7) is 7.05. The maximum absolute atomic E-state index is 12.3. The zero-order chi connectivity index (χ0) is 31.3. The van der Waals surface area contributed by atoms with E-state index in [1.165, 1.54) is 0 Å². The molecule has 11 heteroatoms. The molecule has 2 aromatic carbocycles. The highest BCUT2D eigenvalue weighted by Crippen LogP contribution is 2.32. The van der Waals surface area contributed by atoms with Gasteiger partial charge in [-0.1, -0.05) is 67.9 Å². The number of rotatable bonds is 12. The summed E-state index contributed by atoms with van der Waals surface area (Å²) in [6.07, 6.45) is 4.06. The van der Waals surface area contributed by atoms with E-state index in [0.29, 0.717) is 41.4 Å². The number of imidazole rings is 1. The maximum atomic E-state index is 12.3. The molecule has 0 aliphatic rings. The zero-order valence-corrected chi connectivity index (χ0v) is 25.5. The van der Waals surface area contributed by atoms with Crippen molar-refractivity contribution in [2.75, 3.05) is 6.61 Å². The monoisotopic (exact) mass is 602 g/mol. The van der Waals surface area contributed by atoms with Crippen LogP contribution in [0.1, 0.15) is 61.7 Å². The summed E-state index contributed by atoms with van der Waals surface area (Å²) >= 11 is 0. The van der Waals surface area contributed by atoms with Gasteiger partial charge in [-0.25, -0.2) is 14.8 Å². The standard InChI is InChI=1S/C34H34N8O3/c1-4-6-14-30-36-29-20-27(28-13-9-10-19-35-28)31(34(43)44)37-33(29)41(30)21-23-15-17-24(18-16-23)25-11-7-8-12-26(25)32-38-39-40-42(32)22(3)45-5-2/h7-13,15-20,22H,4-6,14,21H2,1-3H3,(H,43,44). The molecule has 0 saturated carbocycles. The fourth-order valence-electron chi connectivity index (χ4n) is 5.50. The third kappa shape index (κ3) is 6.07. The number of tetrazole rings is 1. The number of carboxylic acids is 1. The van der Waals surface area contributed by atoms with Crippen LogP contribution in [0.3, 0.4) is 0 Å². The molecule has 0 saturated heterocycles. The molecular formula is C34H34N8O3. The van der Waals surface area contributed by atoms with Gasteiger partial charge in [0.05, 0.1) is 12.2 Å². The lowest BCUT2D eigenvalue weighted by atomic mass is 9.98. The second-order valence-electron chi connectivity index (χ2n) is 10.7. The van der Waals surface area contributed by atoms with Crippen LogP contribution in [-0.4, -0.2) is 57.4 Å². The van der Waals surface area contributed by atoms with Gasteiger partial charge in [-0.15, -0.1) is 5.10 Å². The van der Waals surface area contributed by atoms with Crippen LogP contribution >= 0.6 is 0 Å². The number of hydrogen-bond acceptors (Lipinski definition) is 8. The SMILES string of the molecule is CCCCc1nc2cc(-c3ccccn3)c(C(=O)O)nc2n1Cc1ccc(-c2ccccc2-c2nnnn2C(C)OCC)cc1. The summed E-state index contributed by atoms with van der Waals surface area (Å²) < 4.78 is 9.47. The van der Waals surface area contributed by atoms with Crippen molar-refractivity contribution >= 4 is 17.1 Å². The number of carboxylic acid groups (broad SMARTS) is 1. The van der Waals surface area contributed by atoms with Crippen LogP contribution in [0.25, 0.3) is 44.9 Å². The Morgan fingerprint density at radius 2 is 1.73 bits per heavy atom. The van der Waals surface area contributed by atoms with E-state index in [1.807, 2.05) is 42.7 Å². The van der Waals surface area contributed by atoms with Crippen LogP contribution in [0.5, 0.6) is 0 Å². The highest BCUT2D eigenvalue weighted by molar-refractivity contribution is 5.96. The lowest BCUT2D eigenvalue weighted by molar-refractivity contribution is 0.0159. The number of ether oxygens (including phenoxy) is 1. The summed E-state index contributed by atoms with van der Waals surface area (Å²) in [5.74, 6) is 0.398. The van der Waals surface area contributed by atoms with Gasteiger partial charge in [0, 0.05) is 30.4 Å². The molecule has 1 unspecified atom stereocenters. The number of fused-ring (bicyclic) bond motifs is 1. The summed E-state index contributed by atoms with van der Waals surface area (Å²) in [7, 11) is 0. The second-order valence-corrected chi connectivity index (χ2v) is 10.7. The van der Waals surface area contributed by atoms with Crippen molar-refractivity contribution in [1.29, 1.82) is 0 Å². The maximum Gasteiger partial charge on any atom is 0.355 e. The van der Waals surface area contributed by atoms with Crippen LogP contribution in [0, 0.1) is 0 Å². The number of benzene rings is 2. The average Bonchev–Trinajstić information content (AvgIpc) is 3.69. The normalized spacial score (nSPS) is 12.1. The summed E-state index contributed by atoms with van der Waals surface area (Å²) in [6, 6.07) is 23.5. The first kappa shape index (κ1) is 29.8. The molecule has 0 fully saturated rings. The van der Waals surface area contributed by atoms with Crippen molar-refractivity contribution in [1.82, 2.24) is 39.7 Å². The molecule has 0 bridgehead atoms. The molecule has 228 valence electrons. The van der Waals surface area contributed by atoms with Gasteiger partial charge < -0.3 is 14.4 Å². The Balaban J connectivity index is 1.36. The molecule has 0 spiro atoms. The first-order valence-corrected chi connectivity index (χ1v) is 15.1. The molecule has 0 amide bonds. The molecule has 45 heavy (non-hydrogen) atoms. The number of nitrogens with zero attached hydrogens (tertiary/aromatic N) is 8. The fraction of sp³-hybridized carbons (Fsp3) is 0.265. The van der Waals surface area contributed by atoms with Gasteiger partial charge in [-0.2, -0.15) is 4.68 Å². The molecule has 6 aromatic rings. The molecule has 4 heterocycles. The highest BCUT2D eigenvalue weighted by Gasteiger charge is 2.22. The van der Waals surface area contributed by atoms with Crippen molar-refractivity contribution in [2.45, 2.75) is 52.8 Å². The van der Waals surface area contributed by atoms with Crippen molar-refractivity contribution in [3.05, 3.63) is 96.1 Å². The van der Waals surface area contributed by atoms with Crippen LogP contribution < -0.4 is 0 Å². The zero-order valence-electron chi connectivity index (χ0n) is 25.5. The number of hydrogen-bond donors (Lipinski definition) is 1. The van der Waals surface area contributed by atoms with Crippen LogP contribution in [0.2, 0.25) is 0 Å². The summed E-state index contributed by atoms with van der Waals surface area (Å²) in [4.78, 5) is 26.3. The van der Waals surface area contributed by atoms with Crippen molar-refractivity contribution in [3.63, 3.8) is 0 Å². The minimum Gasteiger partial charge on any atom is -0.476 e. The van der Waals surface area contributed by atoms with E-state index < -0.39 is 5.97 Å². The first-order valence-electron chi connectivity index (χ1n) is 15.1. The van der Waals surface area contributed by atoms with E-state index in [9.17, 15) is 9.90 Å². The number of unbranched alkanes of at least 4 members (excludes halogenated alkanes) is 1. The Kier molecular flexibility index (Phi) is 8.70. The molecule has 11 nitrogen and oxygen atoms in total. The van der Waals surface area contributed by atoms with Crippen LogP contribution in [-0.2, 0) is 17.7 Å². The van der Waals surface area contributed by atoms with Gasteiger partial charge in [0.2, 0.25) is 0 Å². The quantitative estimate of drug-likeness (QED) is 0.167. The number of aromatic carboxylic acids is 1. The van der Waals surface area contributed by atoms with E-state index in [1.54, 1.807) is 29.1 Å². The Bertz CT molecular complexity index is 1930. The first-order chi connectivity index (χ1) is 22.0. The molecule has 0 aliphatic heterocycles. The summed E-state index contributed by atoms with van der Waals surface area (Å²) in [5, 5.41) is 22.5. The van der Waals surface area contributed by atoms with E-state index in [-0.39, 0.29) is 11.9 Å². The molecule has 0 radical (unpaired) electrons. The Labute approximate surface area is 260 Å². The smallest absolute Gasteiger partial charge is 0.355 e. The Hall–Kier alpha value is -5.29. The molecule has 6 rings (SSSR count). The largest absolute Gasteiger partial charge is 0.476 e. The Morgan fingerprint density at radius 1 is 0.956 bits per heavy atom. The van der Waals surface area contributed by atoms with Crippen molar-refractivity contribution in [2.24, 2.45) is 0 Å². The molecule has 0 aliphatic carbocycles. The van der Waals surface area contributed by atoms with Crippen molar-refractivity contribution < 1.29 is 14.6 Å². The lowest BCUT2D eigenvalue weighted by Gasteiger charge is -2.15. The van der Waals surface area contributed by atoms with Crippen molar-refractivity contribution in [3.8, 4) is 33.8 Å². The highest BCUT2D eigenvalue weighted by atomic mass is 16.5. The number of aromatic nitrogens is 8. The van der Waals surface area contributed by atoms with Gasteiger partial charge in [-0.05, 0) is 65.6 Å². The fourth-order valence-corrected chi connectivity index (χ4v) is 5.50. The summed E-state index contributed by atoms with van der Waals surface area (Å²) in [5.41, 5.74) is 6.10. The molecular weight excluding hydrogens is 568 g/mol.